The Labute approximate surface area is 171 Å². The Balaban J connectivity index is 1.70. The van der Waals surface area contributed by atoms with Gasteiger partial charge in [-0.2, -0.15) is 0 Å². The summed E-state index contributed by atoms with van der Waals surface area (Å²) >= 11 is 0. The molecule has 1 aliphatic rings. The molecule has 156 valence electrons. The number of hydrogen-bond donors (Lipinski definition) is 2. The van der Waals surface area contributed by atoms with Gasteiger partial charge in [-0.3, -0.25) is 29.8 Å². The van der Waals surface area contributed by atoms with Gasteiger partial charge in [0, 0.05) is 47.5 Å². The van der Waals surface area contributed by atoms with Gasteiger partial charge in [0.1, 0.15) is 0 Å². The molecule has 2 N–H and O–H groups in total. The van der Waals surface area contributed by atoms with E-state index in [2.05, 4.69) is 10.6 Å². The van der Waals surface area contributed by atoms with E-state index in [0.29, 0.717) is 12.8 Å². The van der Waals surface area contributed by atoms with Crippen molar-refractivity contribution >= 4 is 23.2 Å². The number of hydrogen-bond acceptors (Lipinski definition) is 6. The van der Waals surface area contributed by atoms with E-state index in [4.69, 9.17) is 0 Å². The molecule has 3 rings (SSSR count). The maximum Gasteiger partial charge on any atom is 0.270 e. The number of carbonyl (C=O) groups is 2. The van der Waals surface area contributed by atoms with E-state index in [0.717, 1.165) is 12.8 Å². The van der Waals surface area contributed by atoms with Gasteiger partial charge in [0.05, 0.1) is 9.85 Å². The average molecular weight is 412 g/mol. The minimum absolute atomic E-state index is 0.165. The lowest BCUT2D eigenvalue weighted by Gasteiger charge is -2.32. The Kier molecular flexibility index (Phi) is 6.35. The van der Waals surface area contributed by atoms with E-state index in [-0.39, 0.29) is 34.6 Å². The van der Waals surface area contributed by atoms with Gasteiger partial charge in [-0.1, -0.05) is 25.0 Å². The molecule has 0 radical (unpaired) electrons. The number of nitrogens with zero attached hydrogens (tertiary/aromatic N) is 2. The summed E-state index contributed by atoms with van der Waals surface area (Å²) in [5.41, 5.74) is -0.0271. The molecule has 30 heavy (non-hydrogen) atoms. The predicted molar refractivity (Wildman–Crippen MR) is 107 cm³/mol. The second kappa shape index (κ2) is 9.12. The molecule has 2 aromatic carbocycles. The van der Waals surface area contributed by atoms with Gasteiger partial charge in [-0.05, 0) is 25.0 Å². The zero-order valence-corrected chi connectivity index (χ0v) is 15.9. The summed E-state index contributed by atoms with van der Waals surface area (Å²) in [5.74, 6) is -0.916. The molecule has 0 bridgehead atoms. The Bertz CT molecular complexity index is 913. The summed E-state index contributed by atoms with van der Waals surface area (Å²) in [6.07, 6.45) is 3.01. The first-order valence-corrected chi connectivity index (χ1v) is 9.46. The zero-order chi connectivity index (χ0) is 21.7. The first kappa shape index (κ1) is 20.9. The smallest absolute Gasteiger partial charge is 0.270 e. The second-order valence-electron chi connectivity index (χ2n) is 7.06. The molecule has 10 heteroatoms. The number of nitrogens with one attached hydrogen (secondary N) is 2. The largest absolute Gasteiger partial charge is 0.347 e. The molecule has 0 aromatic heterocycles. The molecular formula is C20H20N4O6. The molecule has 0 heterocycles. The van der Waals surface area contributed by atoms with Crippen molar-refractivity contribution < 1.29 is 19.4 Å². The Hall–Kier alpha value is -3.82. The first-order valence-electron chi connectivity index (χ1n) is 9.46. The SMILES string of the molecule is O=C(N[C@H]1CCCC[C@@H]1NC(=O)c1cccc([N+](=O)[O-])c1)c1cccc([N+](=O)[O-])c1. The normalized spacial score (nSPS) is 18.3. The van der Waals surface area contributed by atoms with Crippen LogP contribution in [0.3, 0.4) is 0 Å². The minimum atomic E-state index is -0.570. The average Bonchev–Trinajstić information content (AvgIpc) is 2.75. The molecule has 0 aliphatic heterocycles. The van der Waals surface area contributed by atoms with Gasteiger partial charge >= 0.3 is 0 Å². The Morgan fingerprint density at radius 2 is 1.17 bits per heavy atom. The molecule has 2 aromatic rings. The van der Waals surface area contributed by atoms with Crippen LogP contribution in [0.25, 0.3) is 0 Å². The van der Waals surface area contributed by atoms with Crippen molar-refractivity contribution in [3.05, 3.63) is 79.9 Å². The van der Waals surface area contributed by atoms with Crippen LogP contribution in [0.15, 0.2) is 48.5 Å². The molecule has 0 saturated heterocycles. The van der Waals surface area contributed by atoms with Crippen LogP contribution in [0.1, 0.15) is 46.4 Å². The van der Waals surface area contributed by atoms with Crippen molar-refractivity contribution in [2.45, 2.75) is 37.8 Å². The number of nitro groups is 2. The quantitative estimate of drug-likeness (QED) is 0.551. The van der Waals surface area contributed by atoms with Crippen LogP contribution in [0.5, 0.6) is 0 Å². The third-order valence-corrected chi connectivity index (χ3v) is 5.04. The molecule has 1 fully saturated rings. The summed E-state index contributed by atoms with van der Waals surface area (Å²) in [7, 11) is 0. The lowest BCUT2D eigenvalue weighted by molar-refractivity contribution is -0.385. The monoisotopic (exact) mass is 412 g/mol. The molecule has 2 amide bonds. The highest BCUT2D eigenvalue weighted by Crippen LogP contribution is 2.21. The lowest BCUT2D eigenvalue weighted by atomic mass is 9.89. The van der Waals surface area contributed by atoms with Crippen molar-refractivity contribution in [3.8, 4) is 0 Å². The number of benzene rings is 2. The summed E-state index contributed by atoms with van der Waals surface area (Å²) in [4.78, 5) is 45.9. The van der Waals surface area contributed by atoms with E-state index in [1.807, 2.05) is 0 Å². The fraction of sp³-hybridized carbons (Fsp3) is 0.300. The van der Waals surface area contributed by atoms with Crippen LogP contribution in [0.4, 0.5) is 11.4 Å². The zero-order valence-electron chi connectivity index (χ0n) is 15.9. The molecule has 0 unspecified atom stereocenters. The number of amides is 2. The minimum Gasteiger partial charge on any atom is -0.347 e. The van der Waals surface area contributed by atoms with Crippen LogP contribution in [0, 0.1) is 20.2 Å². The summed E-state index contributed by atoms with van der Waals surface area (Å²) < 4.78 is 0. The van der Waals surface area contributed by atoms with E-state index < -0.39 is 21.7 Å². The maximum absolute atomic E-state index is 12.6. The standard InChI is InChI=1S/C20H20N4O6/c25-19(13-5-3-7-15(11-13)23(27)28)21-17-9-1-2-10-18(17)22-20(26)14-6-4-8-16(12-14)24(29)30/h3-8,11-12,17-18H,1-2,9-10H2,(H,21,25)(H,22,26)/t17-,18-/m0/s1. The second-order valence-corrected chi connectivity index (χ2v) is 7.06. The predicted octanol–water partition coefficient (Wildman–Crippen LogP) is 2.97. The molecule has 10 nitrogen and oxygen atoms in total. The van der Waals surface area contributed by atoms with Crippen LogP contribution >= 0.6 is 0 Å². The summed E-state index contributed by atoms with van der Waals surface area (Å²) in [5, 5.41) is 27.6. The van der Waals surface area contributed by atoms with Gasteiger partial charge < -0.3 is 10.6 Å². The van der Waals surface area contributed by atoms with Crippen molar-refractivity contribution in [2.24, 2.45) is 0 Å². The molecule has 2 atom stereocenters. The van der Waals surface area contributed by atoms with Gasteiger partial charge in [-0.25, -0.2) is 0 Å². The highest BCUT2D eigenvalue weighted by Gasteiger charge is 2.29. The Morgan fingerprint density at radius 3 is 1.53 bits per heavy atom. The Morgan fingerprint density at radius 1 is 0.767 bits per heavy atom. The van der Waals surface area contributed by atoms with Crippen LogP contribution in [0.2, 0.25) is 0 Å². The summed E-state index contributed by atoms with van der Waals surface area (Å²) in [6, 6.07) is 10.2. The lowest BCUT2D eigenvalue weighted by Crippen LogP contribution is -2.53. The molecule has 0 spiro atoms. The number of non-ortho nitro benzene ring substituents is 2. The summed E-state index contributed by atoms with van der Waals surface area (Å²) in [6.45, 7) is 0. The maximum atomic E-state index is 12.6. The van der Waals surface area contributed by atoms with E-state index in [1.54, 1.807) is 0 Å². The van der Waals surface area contributed by atoms with Crippen LogP contribution in [-0.4, -0.2) is 33.7 Å². The van der Waals surface area contributed by atoms with Gasteiger partial charge in [0.2, 0.25) is 0 Å². The third kappa shape index (κ3) is 4.96. The van der Waals surface area contributed by atoms with Crippen molar-refractivity contribution in [1.29, 1.82) is 0 Å². The van der Waals surface area contributed by atoms with Gasteiger partial charge in [0.25, 0.3) is 23.2 Å². The number of nitro benzene ring substituents is 2. The number of carbonyl (C=O) groups excluding carboxylic acids is 2. The van der Waals surface area contributed by atoms with Crippen molar-refractivity contribution in [3.63, 3.8) is 0 Å². The van der Waals surface area contributed by atoms with E-state index in [1.165, 1.54) is 48.5 Å². The van der Waals surface area contributed by atoms with Crippen LogP contribution < -0.4 is 10.6 Å². The fourth-order valence-electron chi connectivity index (χ4n) is 3.50. The van der Waals surface area contributed by atoms with E-state index >= 15 is 0 Å². The fourth-order valence-corrected chi connectivity index (χ4v) is 3.50. The van der Waals surface area contributed by atoms with Gasteiger partial charge in [-0.15, -0.1) is 0 Å². The van der Waals surface area contributed by atoms with Crippen molar-refractivity contribution in [2.75, 3.05) is 0 Å². The molecular weight excluding hydrogens is 392 g/mol. The van der Waals surface area contributed by atoms with Crippen LogP contribution in [-0.2, 0) is 0 Å². The van der Waals surface area contributed by atoms with Crippen molar-refractivity contribution in [1.82, 2.24) is 10.6 Å². The first-order chi connectivity index (χ1) is 14.3. The topological polar surface area (TPSA) is 144 Å². The highest BCUT2D eigenvalue weighted by atomic mass is 16.6. The molecule has 1 saturated carbocycles. The highest BCUT2D eigenvalue weighted by molar-refractivity contribution is 5.96. The van der Waals surface area contributed by atoms with Gasteiger partial charge in [0.15, 0.2) is 0 Å². The van der Waals surface area contributed by atoms with E-state index in [9.17, 15) is 29.8 Å². The molecule has 1 aliphatic carbocycles. The third-order valence-electron chi connectivity index (χ3n) is 5.04. The number of rotatable bonds is 6.